The van der Waals surface area contributed by atoms with Crippen LogP contribution in [0.25, 0.3) is 10.8 Å². The molecule has 2 fully saturated rings. The SMILES string of the molecule is O=C(O)C1CC2CCC1N2CCc1ccc2ccccc2c1. The van der Waals surface area contributed by atoms with Gasteiger partial charge in [0.05, 0.1) is 5.92 Å². The van der Waals surface area contributed by atoms with E-state index in [4.69, 9.17) is 0 Å². The summed E-state index contributed by atoms with van der Waals surface area (Å²) in [4.78, 5) is 13.8. The lowest BCUT2D eigenvalue weighted by Crippen LogP contribution is -2.34. The fourth-order valence-electron chi connectivity index (χ4n) is 4.37. The minimum atomic E-state index is -0.608. The monoisotopic (exact) mass is 295 g/mol. The number of rotatable bonds is 4. The standard InChI is InChI=1S/C19H21NO2/c21-19(22)17-12-16-7-8-18(17)20(16)10-9-13-5-6-14-3-1-2-4-15(14)11-13/h1-6,11,16-18H,7-10,12H2,(H,21,22). The molecule has 0 amide bonds. The fourth-order valence-corrected chi connectivity index (χ4v) is 4.37. The van der Waals surface area contributed by atoms with Crippen molar-refractivity contribution in [3.05, 3.63) is 48.0 Å². The molecule has 0 spiro atoms. The Bertz CT molecular complexity index is 711. The van der Waals surface area contributed by atoms with Crippen molar-refractivity contribution in [2.45, 2.75) is 37.8 Å². The normalized spacial score (nSPS) is 27.5. The first-order valence-corrected chi connectivity index (χ1v) is 8.18. The molecule has 2 aliphatic heterocycles. The molecule has 22 heavy (non-hydrogen) atoms. The number of benzene rings is 2. The smallest absolute Gasteiger partial charge is 0.308 e. The van der Waals surface area contributed by atoms with E-state index in [0.717, 1.165) is 25.8 Å². The van der Waals surface area contributed by atoms with Crippen molar-refractivity contribution in [3.8, 4) is 0 Å². The number of hydrogen-bond donors (Lipinski definition) is 1. The summed E-state index contributed by atoms with van der Waals surface area (Å²) in [6, 6.07) is 15.8. The van der Waals surface area contributed by atoms with Crippen molar-refractivity contribution in [2.24, 2.45) is 5.92 Å². The van der Waals surface area contributed by atoms with Crippen molar-refractivity contribution < 1.29 is 9.90 Å². The zero-order valence-corrected chi connectivity index (χ0v) is 12.6. The van der Waals surface area contributed by atoms with Gasteiger partial charge in [-0.3, -0.25) is 9.69 Å². The van der Waals surface area contributed by atoms with Gasteiger partial charge in [-0.05, 0) is 42.0 Å². The van der Waals surface area contributed by atoms with E-state index in [1.807, 2.05) is 0 Å². The Morgan fingerprint density at radius 3 is 2.73 bits per heavy atom. The van der Waals surface area contributed by atoms with Gasteiger partial charge in [-0.25, -0.2) is 0 Å². The maximum atomic E-state index is 11.3. The summed E-state index contributed by atoms with van der Waals surface area (Å²) in [7, 11) is 0. The molecule has 0 aliphatic carbocycles. The second kappa shape index (κ2) is 5.40. The zero-order valence-electron chi connectivity index (χ0n) is 12.6. The quantitative estimate of drug-likeness (QED) is 0.940. The Hall–Kier alpha value is -1.87. The second-order valence-corrected chi connectivity index (χ2v) is 6.65. The highest BCUT2D eigenvalue weighted by atomic mass is 16.4. The van der Waals surface area contributed by atoms with Crippen LogP contribution >= 0.6 is 0 Å². The van der Waals surface area contributed by atoms with Crippen molar-refractivity contribution in [3.63, 3.8) is 0 Å². The summed E-state index contributed by atoms with van der Waals surface area (Å²) >= 11 is 0. The lowest BCUT2D eigenvalue weighted by Gasteiger charge is -2.22. The van der Waals surface area contributed by atoms with E-state index in [2.05, 4.69) is 47.4 Å². The van der Waals surface area contributed by atoms with E-state index < -0.39 is 5.97 Å². The maximum absolute atomic E-state index is 11.3. The summed E-state index contributed by atoms with van der Waals surface area (Å²) in [5.74, 6) is -0.752. The van der Waals surface area contributed by atoms with E-state index in [9.17, 15) is 9.90 Å². The van der Waals surface area contributed by atoms with Gasteiger partial charge in [0.15, 0.2) is 0 Å². The molecule has 3 nitrogen and oxygen atoms in total. The summed E-state index contributed by atoms with van der Waals surface area (Å²) in [5, 5.41) is 11.9. The molecular weight excluding hydrogens is 274 g/mol. The first kappa shape index (κ1) is 13.8. The largest absolute Gasteiger partial charge is 0.481 e. The third kappa shape index (κ3) is 2.30. The topological polar surface area (TPSA) is 40.5 Å². The number of carboxylic acid groups (broad SMARTS) is 1. The predicted molar refractivity (Wildman–Crippen MR) is 86.9 cm³/mol. The van der Waals surface area contributed by atoms with E-state index in [1.54, 1.807) is 0 Å². The number of fused-ring (bicyclic) bond motifs is 3. The molecular formula is C19H21NO2. The van der Waals surface area contributed by atoms with Gasteiger partial charge in [-0.2, -0.15) is 0 Å². The first-order chi connectivity index (χ1) is 10.7. The van der Waals surface area contributed by atoms with Crippen LogP contribution in [-0.4, -0.2) is 34.6 Å². The number of carboxylic acids is 1. The third-order valence-electron chi connectivity index (χ3n) is 5.47. The van der Waals surface area contributed by atoms with Gasteiger partial charge in [-0.1, -0.05) is 42.5 Å². The van der Waals surface area contributed by atoms with Crippen LogP contribution in [0.5, 0.6) is 0 Å². The van der Waals surface area contributed by atoms with Gasteiger partial charge in [0.25, 0.3) is 0 Å². The molecule has 4 rings (SSSR count). The molecule has 1 N–H and O–H groups in total. The van der Waals surface area contributed by atoms with Gasteiger partial charge in [0, 0.05) is 18.6 Å². The molecule has 3 heteroatoms. The Morgan fingerprint density at radius 1 is 1.14 bits per heavy atom. The molecule has 3 unspecified atom stereocenters. The average Bonchev–Trinajstić information content (AvgIpc) is 3.09. The van der Waals surface area contributed by atoms with Crippen LogP contribution in [0, 0.1) is 5.92 Å². The fraction of sp³-hybridized carbons (Fsp3) is 0.421. The molecule has 2 heterocycles. The van der Waals surface area contributed by atoms with Crippen molar-refractivity contribution in [1.82, 2.24) is 4.90 Å². The van der Waals surface area contributed by atoms with Crippen LogP contribution in [0.1, 0.15) is 24.8 Å². The Labute approximate surface area is 130 Å². The van der Waals surface area contributed by atoms with Gasteiger partial charge in [-0.15, -0.1) is 0 Å². The highest BCUT2D eigenvalue weighted by Gasteiger charge is 2.48. The lowest BCUT2D eigenvalue weighted by atomic mass is 9.89. The maximum Gasteiger partial charge on any atom is 0.308 e. The van der Waals surface area contributed by atoms with Crippen LogP contribution in [-0.2, 0) is 11.2 Å². The molecule has 2 aromatic carbocycles. The summed E-state index contributed by atoms with van der Waals surface area (Å²) in [6.45, 7) is 0.984. The van der Waals surface area contributed by atoms with Gasteiger partial charge >= 0.3 is 5.97 Å². The van der Waals surface area contributed by atoms with Crippen molar-refractivity contribution >= 4 is 16.7 Å². The summed E-state index contributed by atoms with van der Waals surface area (Å²) in [6.07, 6.45) is 4.08. The third-order valence-corrected chi connectivity index (χ3v) is 5.47. The molecule has 0 aromatic heterocycles. The Balaban J connectivity index is 1.47. The van der Waals surface area contributed by atoms with E-state index in [0.29, 0.717) is 6.04 Å². The van der Waals surface area contributed by atoms with E-state index in [-0.39, 0.29) is 12.0 Å². The highest BCUT2D eigenvalue weighted by Crippen LogP contribution is 2.41. The number of carbonyl (C=O) groups is 1. The molecule has 2 saturated heterocycles. The van der Waals surface area contributed by atoms with Gasteiger partial charge < -0.3 is 5.11 Å². The summed E-state index contributed by atoms with van der Waals surface area (Å²) in [5.41, 5.74) is 1.34. The lowest BCUT2D eigenvalue weighted by molar-refractivity contribution is -0.142. The number of hydrogen-bond acceptors (Lipinski definition) is 2. The van der Waals surface area contributed by atoms with Crippen molar-refractivity contribution in [1.29, 1.82) is 0 Å². The minimum Gasteiger partial charge on any atom is -0.481 e. The molecule has 0 saturated carbocycles. The van der Waals surface area contributed by atoms with Crippen LogP contribution in [0.15, 0.2) is 42.5 Å². The highest BCUT2D eigenvalue weighted by molar-refractivity contribution is 5.83. The van der Waals surface area contributed by atoms with E-state index in [1.165, 1.54) is 22.8 Å². The van der Waals surface area contributed by atoms with Crippen LogP contribution in [0.3, 0.4) is 0 Å². The van der Waals surface area contributed by atoms with Crippen LogP contribution in [0.2, 0.25) is 0 Å². The minimum absolute atomic E-state index is 0.143. The van der Waals surface area contributed by atoms with E-state index >= 15 is 0 Å². The summed E-state index contributed by atoms with van der Waals surface area (Å²) < 4.78 is 0. The van der Waals surface area contributed by atoms with Crippen LogP contribution in [0.4, 0.5) is 0 Å². The average molecular weight is 295 g/mol. The molecule has 2 aromatic rings. The zero-order chi connectivity index (χ0) is 15.1. The number of aliphatic carboxylic acids is 1. The molecule has 2 aliphatic rings. The first-order valence-electron chi connectivity index (χ1n) is 8.18. The molecule has 2 bridgehead atoms. The predicted octanol–water partition coefficient (Wildman–Crippen LogP) is 3.32. The van der Waals surface area contributed by atoms with Gasteiger partial charge in [0.1, 0.15) is 0 Å². The molecule has 0 radical (unpaired) electrons. The van der Waals surface area contributed by atoms with Gasteiger partial charge in [0.2, 0.25) is 0 Å². The molecule has 3 atom stereocenters. The number of nitrogens with zero attached hydrogens (tertiary/aromatic N) is 1. The Kier molecular flexibility index (Phi) is 3.38. The second-order valence-electron chi connectivity index (χ2n) is 6.65. The van der Waals surface area contributed by atoms with Crippen LogP contribution < -0.4 is 0 Å². The Morgan fingerprint density at radius 2 is 1.95 bits per heavy atom. The molecule has 114 valence electrons. The van der Waals surface area contributed by atoms with Crippen molar-refractivity contribution in [2.75, 3.05) is 6.54 Å².